The van der Waals surface area contributed by atoms with Crippen LogP contribution in [0.3, 0.4) is 0 Å². The fourth-order valence-corrected chi connectivity index (χ4v) is 13.8. The fourth-order valence-electron chi connectivity index (χ4n) is 13.8. The van der Waals surface area contributed by atoms with Gasteiger partial charge in [0.1, 0.15) is 0 Å². The fraction of sp³-hybridized carbons (Fsp3) is 0.0943. The molecule has 106 heavy (non-hydrogen) atoms. The van der Waals surface area contributed by atoms with Gasteiger partial charge in [0, 0.05) is 0 Å². The van der Waals surface area contributed by atoms with Crippen LogP contribution in [0.5, 0.6) is 0 Å². The van der Waals surface area contributed by atoms with E-state index in [1.165, 1.54) is 33.4 Å². The zero-order valence-electron chi connectivity index (χ0n) is 62.5. The Morgan fingerprint density at radius 1 is 0.151 bits per heavy atom. The highest BCUT2D eigenvalue weighted by molar-refractivity contribution is 5.86. The van der Waals surface area contributed by atoms with Crippen molar-refractivity contribution in [3.63, 3.8) is 0 Å². The standard InChI is InChI=1S/C106H94/c1-9-17-77-47-85-25-26-86-48-78(18-10-2)52-90(64-86)30-34-94-56-82(22-14-6)60-98(68-94)38-43-103-72-104-44-40-100-62-84(24-16-8)58-96(70-100)36-32-92-54-80(20-12-4)50-88(66-92)28-27-87-49-79(19-11-3)53-91(65-87)31-35-95-57-83(23-15-7)61-99(69-95)39-42-102-71-101(73-105(74-102)45-46-106(75-103)76-104)41-37-97-59-81(21-13-5)55-93(67-97)33-29-89(51-77)63-85/h9-26,29-76H,27-28H2,1-8H3/b17-9?,18-10?,19-11?,20-12?,21-13?,22-14?,23-15?,24-16?,26-25?,33-29?,34-30?,35-31+,36-32+,41-37?,42-39+,43-38?,44-40?,46-45?. The topological polar surface area (TPSA) is 0 Å². The lowest BCUT2D eigenvalue weighted by Gasteiger charge is -2.09. The lowest BCUT2D eigenvalue weighted by Crippen LogP contribution is -1.95. The van der Waals surface area contributed by atoms with E-state index in [4.69, 9.17) is 0 Å². The van der Waals surface area contributed by atoms with E-state index >= 15 is 0 Å². The van der Waals surface area contributed by atoms with Crippen LogP contribution < -0.4 is 0 Å². The number of rotatable bonds is 8. The molecule has 22 bridgehead atoms. The number of hydrogen-bond acceptors (Lipinski definition) is 0. The van der Waals surface area contributed by atoms with Crippen LogP contribution in [0.25, 0.3) is 162 Å². The summed E-state index contributed by atoms with van der Waals surface area (Å²) in [6.45, 7) is 16.7. The lowest BCUT2D eigenvalue weighted by molar-refractivity contribution is 0.958. The van der Waals surface area contributed by atoms with Crippen molar-refractivity contribution in [3.8, 4) is 0 Å². The van der Waals surface area contributed by atoms with Gasteiger partial charge in [-0.3, -0.25) is 0 Å². The lowest BCUT2D eigenvalue weighted by atomic mass is 9.96. The third-order valence-corrected chi connectivity index (χ3v) is 18.3. The highest BCUT2D eigenvalue weighted by Crippen LogP contribution is 2.28. The van der Waals surface area contributed by atoms with Crippen LogP contribution in [0.4, 0.5) is 0 Å². The SMILES string of the molecule is CC=Cc1cc2cc(c1)/C=C/c1cc(C=CC)cc(c1)CCc1cc(C=CC)cc(c1)/C=C/c1cc(C=CC)cc(c1)/C=C/c1cc3ccc4cc(C=CC)cc(ccc5cc(C=CC)cc(ccc6cc(C=CC)cc(ccc7cc(C=CC)cc(ccc8cc(cc(ccc(c1)c3)c8)C=C2)c7)c6)c5)c4. The second kappa shape index (κ2) is 36.6. The molecule has 0 saturated heterocycles. The molecule has 0 aliphatic heterocycles. The molecule has 11 aromatic carbocycles. The normalized spacial score (nSPS) is 13.5. The first-order valence-corrected chi connectivity index (χ1v) is 37.2. The van der Waals surface area contributed by atoms with Gasteiger partial charge in [0.25, 0.3) is 0 Å². The Balaban J connectivity index is 1.12. The van der Waals surface area contributed by atoms with Crippen LogP contribution >= 0.6 is 0 Å². The van der Waals surface area contributed by atoms with E-state index in [-0.39, 0.29) is 0 Å². The summed E-state index contributed by atoms with van der Waals surface area (Å²) >= 11 is 0. The summed E-state index contributed by atoms with van der Waals surface area (Å²) in [6, 6.07) is 95.7. The van der Waals surface area contributed by atoms with Gasteiger partial charge in [-0.15, -0.1) is 0 Å². The molecule has 0 heteroatoms. The maximum Gasteiger partial charge on any atom is -0.0238 e. The minimum Gasteiger partial charge on any atom is -0.0871 e. The molecule has 0 amide bonds. The summed E-state index contributed by atoms with van der Waals surface area (Å²) in [7, 11) is 0. The van der Waals surface area contributed by atoms with Gasteiger partial charge >= 0.3 is 0 Å². The van der Waals surface area contributed by atoms with Crippen molar-refractivity contribution in [3.05, 3.63) is 404 Å². The van der Waals surface area contributed by atoms with Crippen molar-refractivity contribution in [2.24, 2.45) is 0 Å². The second-order valence-electron chi connectivity index (χ2n) is 27.3. The van der Waals surface area contributed by atoms with Gasteiger partial charge in [-0.2, -0.15) is 0 Å². The number of benzene rings is 10. The molecule has 0 unspecified atom stereocenters. The van der Waals surface area contributed by atoms with Gasteiger partial charge in [0.2, 0.25) is 0 Å². The number of fused-ring (bicyclic) bond motifs is 21. The molecule has 0 N–H and O–H groups in total. The molecule has 11 aromatic rings. The molecule has 518 valence electrons. The van der Waals surface area contributed by atoms with Gasteiger partial charge in [0.15, 0.2) is 0 Å². The predicted molar refractivity (Wildman–Crippen MR) is 477 cm³/mol. The first-order chi connectivity index (χ1) is 51.9. The summed E-state index contributed by atoms with van der Waals surface area (Å²) in [6.07, 6.45) is 54.4. The predicted octanol–water partition coefficient (Wildman–Crippen LogP) is 30.7. The van der Waals surface area contributed by atoms with Gasteiger partial charge in [-0.05, 0) is 391 Å². The summed E-state index contributed by atoms with van der Waals surface area (Å²) in [5.41, 5.74) is 20.9. The Hall–Kier alpha value is -12.5. The minimum absolute atomic E-state index is 0.906. The Kier molecular flexibility index (Phi) is 25.3. The van der Waals surface area contributed by atoms with Crippen LogP contribution in [0, 0.1) is 0 Å². The van der Waals surface area contributed by atoms with Crippen molar-refractivity contribution < 1.29 is 0 Å². The molecule has 0 aromatic heterocycles. The smallest absolute Gasteiger partial charge is 0.0238 e. The molecule has 0 spiro atoms. The maximum absolute atomic E-state index is 2.36. The van der Waals surface area contributed by atoms with E-state index in [1.54, 1.807) is 0 Å². The molecule has 0 saturated carbocycles. The highest BCUT2D eigenvalue weighted by Gasteiger charge is 2.07. The van der Waals surface area contributed by atoms with Crippen molar-refractivity contribution in [1.82, 2.24) is 0 Å². The average Bonchev–Trinajstić information content (AvgIpc) is 0.843. The van der Waals surface area contributed by atoms with Crippen LogP contribution in [0.1, 0.15) is 156 Å². The van der Waals surface area contributed by atoms with E-state index in [9.17, 15) is 0 Å². The molecule has 0 radical (unpaired) electrons. The van der Waals surface area contributed by atoms with Crippen molar-refractivity contribution >= 4 is 162 Å². The van der Waals surface area contributed by atoms with E-state index in [2.05, 4.69) is 456 Å². The average molecular weight is 1370 g/mol. The Bertz CT molecular complexity index is 5490. The summed E-state index contributed by atoms with van der Waals surface area (Å²) in [4.78, 5) is 0. The summed E-state index contributed by atoms with van der Waals surface area (Å²) in [5, 5.41) is 13.3. The molecule has 0 atom stereocenters. The molecule has 0 nitrogen and oxygen atoms in total. The van der Waals surface area contributed by atoms with Crippen molar-refractivity contribution in [2.75, 3.05) is 0 Å². The van der Waals surface area contributed by atoms with E-state index in [0.29, 0.717) is 0 Å². The maximum atomic E-state index is 2.36. The van der Waals surface area contributed by atoms with Crippen LogP contribution in [0.15, 0.2) is 303 Å². The third kappa shape index (κ3) is 21.6. The number of allylic oxidation sites excluding steroid dienone is 8. The molecular formula is C106H94. The van der Waals surface area contributed by atoms with E-state index in [0.717, 1.165) is 144 Å². The van der Waals surface area contributed by atoms with Gasteiger partial charge in [0.05, 0.1) is 0 Å². The molecule has 0 fully saturated rings. The molecule has 12 rings (SSSR count). The van der Waals surface area contributed by atoms with Gasteiger partial charge < -0.3 is 0 Å². The first-order valence-electron chi connectivity index (χ1n) is 37.2. The Labute approximate surface area is 629 Å². The summed E-state index contributed by atoms with van der Waals surface area (Å²) in [5.74, 6) is 0. The number of aryl methyl sites for hydroxylation is 2. The third-order valence-electron chi connectivity index (χ3n) is 18.3. The molecule has 0 heterocycles. The monoisotopic (exact) mass is 1370 g/mol. The van der Waals surface area contributed by atoms with Crippen molar-refractivity contribution in [1.29, 1.82) is 0 Å². The molecular weight excluding hydrogens is 1270 g/mol. The highest BCUT2D eigenvalue weighted by atomic mass is 14.1. The minimum atomic E-state index is 0.906. The van der Waals surface area contributed by atoms with Crippen molar-refractivity contribution in [2.45, 2.75) is 68.2 Å². The van der Waals surface area contributed by atoms with Gasteiger partial charge in [-0.25, -0.2) is 0 Å². The van der Waals surface area contributed by atoms with E-state index < -0.39 is 0 Å². The molecule has 1 aliphatic carbocycles. The Morgan fingerprint density at radius 3 is 0.491 bits per heavy atom. The zero-order chi connectivity index (χ0) is 73.4. The summed E-state index contributed by atoms with van der Waals surface area (Å²) < 4.78 is 0. The quantitative estimate of drug-likeness (QED) is 0.142. The second-order valence-corrected chi connectivity index (χ2v) is 27.3. The van der Waals surface area contributed by atoms with Crippen LogP contribution in [0.2, 0.25) is 0 Å². The number of hydrogen-bond donors (Lipinski definition) is 0. The van der Waals surface area contributed by atoms with E-state index in [1.807, 2.05) is 0 Å². The molecule has 1 aliphatic rings. The largest absolute Gasteiger partial charge is 0.0871 e. The Morgan fingerprint density at radius 2 is 0.302 bits per heavy atom. The van der Waals surface area contributed by atoms with Crippen LogP contribution in [-0.2, 0) is 12.8 Å². The van der Waals surface area contributed by atoms with Crippen LogP contribution in [-0.4, -0.2) is 0 Å². The first kappa shape index (κ1) is 73.3. The van der Waals surface area contributed by atoms with Gasteiger partial charge in [-0.1, -0.05) is 243 Å². The zero-order valence-corrected chi connectivity index (χ0v) is 62.5.